The molecule has 4 heteroatoms. The van der Waals surface area contributed by atoms with E-state index in [0.29, 0.717) is 0 Å². The van der Waals surface area contributed by atoms with Crippen molar-refractivity contribution in [1.82, 2.24) is 9.55 Å². The van der Waals surface area contributed by atoms with Gasteiger partial charge in [-0.25, -0.2) is 0 Å². The third kappa shape index (κ3) is 9.29. The zero-order valence-electron chi connectivity index (χ0n) is 30.9. The van der Waals surface area contributed by atoms with Gasteiger partial charge in [0.15, 0.2) is 8.07 Å². The van der Waals surface area contributed by atoms with Gasteiger partial charge in [0.1, 0.15) is 0 Å². The molecule has 1 aromatic heterocycles. The van der Waals surface area contributed by atoms with E-state index in [1.807, 2.05) is 6.20 Å². The van der Waals surface area contributed by atoms with Gasteiger partial charge in [0.2, 0.25) is 7.28 Å². The summed E-state index contributed by atoms with van der Waals surface area (Å²) in [5.41, 5.74) is 6.69. The second-order valence-electron chi connectivity index (χ2n) is 14.3. The Bertz CT molecular complexity index is 1760. The third-order valence-electron chi connectivity index (χ3n) is 10.8. The number of hydrogen-bond acceptors (Lipinski definition) is 1. The monoisotopic (exact) mass is 686 g/mol. The molecular formula is C47H55BN2Si. The predicted molar refractivity (Wildman–Crippen MR) is 223 cm³/mol. The minimum atomic E-state index is -2.58. The first-order chi connectivity index (χ1) is 25.2. The second kappa shape index (κ2) is 18.7. The van der Waals surface area contributed by atoms with Crippen LogP contribution in [0.3, 0.4) is 0 Å². The van der Waals surface area contributed by atoms with Gasteiger partial charge in [0, 0.05) is 18.6 Å². The summed E-state index contributed by atoms with van der Waals surface area (Å²) < 4.78 is 2.50. The first-order valence-corrected chi connectivity index (χ1v) is 21.8. The molecule has 0 aliphatic rings. The van der Waals surface area contributed by atoms with Crippen molar-refractivity contribution in [3.8, 4) is 0 Å². The predicted octanol–water partition coefficient (Wildman–Crippen LogP) is 8.69. The van der Waals surface area contributed by atoms with Crippen molar-refractivity contribution >= 4 is 36.6 Å². The maximum absolute atomic E-state index is 5.08. The van der Waals surface area contributed by atoms with Gasteiger partial charge >= 0.3 is 0 Å². The molecule has 0 N–H and O–H groups in total. The number of aromatic nitrogens is 2. The van der Waals surface area contributed by atoms with Crippen molar-refractivity contribution in [2.75, 3.05) is 0 Å². The lowest BCUT2D eigenvalue weighted by Gasteiger charge is -2.35. The van der Waals surface area contributed by atoms with Crippen LogP contribution in [-0.4, -0.2) is 24.9 Å². The number of imidazole rings is 1. The fourth-order valence-corrected chi connectivity index (χ4v) is 12.4. The number of hydrogen-bond donors (Lipinski definition) is 0. The summed E-state index contributed by atoms with van der Waals surface area (Å²) in [6.07, 6.45) is 17.8. The molecule has 6 aromatic rings. The summed E-state index contributed by atoms with van der Waals surface area (Å²) in [5, 5.41) is 4.37. The lowest BCUT2D eigenvalue weighted by molar-refractivity contribution is 0.667. The Morgan fingerprint density at radius 3 is 1.45 bits per heavy atom. The number of nitrogens with zero attached hydrogens (tertiary/aromatic N) is 2. The van der Waals surface area contributed by atoms with Gasteiger partial charge in [-0.1, -0.05) is 192 Å². The first-order valence-electron chi connectivity index (χ1n) is 19.6. The van der Waals surface area contributed by atoms with Crippen molar-refractivity contribution in [3.63, 3.8) is 0 Å². The highest BCUT2D eigenvalue weighted by molar-refractivity contribution is 7.10. The summed E-state index contributed by atoms with van der Waals surface area (Å²) in [5.74, 6) is 0.223. The molecule has 51 heavy (non-hydrogen) atoms. The third-order valence-corrected chi connectivity index (χ3v) is 15.6. The van der Waals surface area contributed by atoms with Crippen LogP contribution in [0.1, 0.15) is 93.3 Å². The van der Waals surface area contributed by atoms with E-state index >= 15 is 0 Å². The molecule has 2 nitrogen and oxygen atoms in total. The normalized spacial score (nSPS) is 11.6. The number of rotatable bonds is 19. The highest BCUT2D eigenvalue weighted by Crippen LogP contribution is 2.23. The molecule has 1 heterocycles. The number of unbranched alkanes of at least 4 members (excludes halogenated alkanes) is 6. The Balaban J connectivity index is 1.42. The van der Waals surface area contributed by atoms with Crippen molar-refractivity contribution < 1.29 is 0 Å². The molecule has 0 saturated heterocycles. The molecule has 0 radical (unpaired) electrons. The van der Waals surface area contributed by atoms with Crippen LogP contribution in [0.25, 0.3) is 0 Å². The van der Waals surface area contributed by atoms with Crippen molar-refractivity contribution in [3.05, 3.63) is 174 Å². The first kappa shape index (κ1) is 36.4. The van der Waals surface area contributed by atoms with Crippen LogP contribution in [0.15, 0.2) is 152 Å². The van der Waals surface area contributed by atoms with Gasteiger partial charge in [-0.05, 0) is 69.3 Å². The summed E-state index contributed by atoms with van der Waals surface area (Å²) in [6, 6.07) is 52.9. The van der Waals surface area contributed by atoms with Crippen molar-refractivity contribution in [2.45, 2.75) is 90.0 Å². The van der Waals surface area contributed by atoms with Crippen LogP contribution in [0.2, 0.25) is 0 Å². The Kier molecular flexibility index (Phi) is 13.4. The van der Waals surface area contributed by atoms with Gasteiger partial charge < -0.3 is 4.57 Å². The number of aryl methyl sites for hydroxylation is 2. The molecule has 0 aliphatic carbocycles. The number of benzene rings is 5. The molecule has 0 saturated carbocycles. The van der Waals surface area contributed by atoms with E-state index in [1.54, 1.807) is 0 Å². The molecule has 0 fully saturated rings. The fraction of sp³-hybridized carbons (Fsp3) is 0.298. The van der Waals surface area contributed by atoms with E-state index in [-0.39, 0.29) is 5.82 Å². The van der Waals surface area contributed by atoms with Gasteiger partial charge in [-0.2, -0.15) is 0 Å². The highest BCUT2D eigenvalue weighted by Gasteiger charge is 2.40. The van der Waals surface area contributed by atoms with Crippen LogP contribution in [0, 0.1) is 0 Å². The smallest absolute Gasteiger partial charge is 0.217 e. The topological polar surface area (TPSA) is 17.8 Å². The standard InChI is InChI=1S/C47H55BN2Si/c1-3-5-7-12-20-39-28-32-44(33-29-39)51(43-26-18-11-19-27-43,45-34-30-40(31-35-45)21-13-8-6-4-2)38-50-37-36-49-47(50)48-46(41-22-14-9-15-23-41)42-24-16-10-17-25-42/h9-11,14-19,22-37,46,48H,3-8,12-13,20-21,38H2,1-2H3. The molecule has 0 aliphatic heterocycles. The maximum Gasteiger partial charge on any atom is 0.217 e. The zero-order chi connectivity index (χ0) is 35.1. The zero-order valence-corrected chi connectivity index (χ0v) is 31.9. The van der Waals surface area contributed by atoms with Gasteiger partial charge in [0.25, 0.3) is 0 Å². The van der Waals surface area contributed by atoms with E-state index in [0.717, 1.165) is 32.0 Å². The largest absolute Gasteiger partial charge is 0.345 e. The van der Waals surface area contributed by atoms with E-state index in [9.17, 15) is 0 Å². The van der Waals surface area contributed by atoms with E-state index < -0.39 is 8.07 Å². The molecule has 0 unspecified atom stereocenters. The lowest BCUT2D eigenvalue weighted by Crippen LogP contribution is -2.70. The van der Waals surface area contributed by atoms with Crippen LogP contribution >= 0.6 is 0 Å². The van der Waals surface area contributed by atoms with Gasteiger partial charge in [0.05, 0.1) is 5.72 Å². The van der Waals surface area contributed by atoms with Crippen LogP contribution in [0.5, 0.6) is 0 Å². The average molecular weight is 687 g/mol. The summed E-state index contributed by atoms with van der Waals surface area (Å²) in [7, 11) is -1.74. The highest BCUT2D eigenvalue weighted by atomic mass is 28.3. The van der Waals surface area contributed by atoms with Crippen LogP contribution in [-0.2, 0) is 19.0 Å². The van der Waals surface area contributed by atoms with Gasteiger partial charge in [-0.3, -0.25) is 4.98 Å². The van der Waals surface area contributed by atoms with Gasteiger partial charge in [-0.15, -0.1) is 0 Å². The lowest BCUT2D eigenvalue weighted by atomic mass is 9.58. The van der Waals surface area contributed by atoms with E-state index in [2.05, 4.69) is 164 Å². The Hall–Kier alpha value is -4.41. The average Bonchev–Trinajstić information content (AvgIpc) is 3.64. The summed E-state index contributed by atoms with van der Waals surface area (Å²) >= 11 is 0. The molecule has 260 valence electrons. The molecule has 0 spiro atoms. The minimum absolute atomic E-state index is 0.223. The summed E-state index contributed by atoms with van der Waals surface area (Å²) in [6.45, 7) is 4.58. The Morgan fingerprint density at radius 2 is 0.980 bits per heavy atom. The molecule has 0 bridgehead atoms. The quantitative estimate of drug-likeness (QED) is 0.0474. The summed E-state index contributed by atoms with van der Waals surface area (Å²) in [4.78, 5) is 5.08. The fourth-order valence-electron chi connectivity index (χ4n) is 7.83. The van der Waals surface area contributed by atoms with Crippen LogP contribution in [0.4, 0.5) is 0 Å². The van der Waals surface area contributed by atoms with E-state index in [4.69, 9.17) is 4.98 Å². The Morgan fingerprint density at radius 1 is 0.529 bits per heavy atom. The van der Waals surface area contributed by atoms with Crippen LogP contribution < -0.4 is 21.3 Å². The SMILES string of the molecule is CCCCCCc1ccc([Si](Cn2ccnc2BC(c2ccccc2)c2ccccc2)(c2ccccc2)c2ccc(CCCCCC)cc2)cc1. The second-order valence-corrected chi connectivity index (χ2v) is 18.2. The molecule has 0 amide bonds. The maximum atomic E-state index is 5.08. The van der Waals surface area contributed by atoms with E-state index in [1.165, 1.54) is 89.2 Å². The molecular weight excluding hydrogens is 631 g/mol. The Labute approximate surface area is 309 Å². The minimum Gasteiger partial charge on any atom is -0.345 e. The van der Waals surface area contributed by atoms with Crippen molar-refractivity contribution in [2.24, 2.45) is 0 Å². The molecule has 5 aromatic carbocycles. The van der Waals surface area contributed by atoms with Crippen molar-refractivity contribution in [1.29, 1.82) is 0 Å². The molecule has 6 rings (SSSR count). The molecule has 0 atom stereocenters.